The molecule has 1 amide bonds. The van der Waals surface area contributed by atoms with Crippen molar-refractivity contribution in [3.63, 3.8) is 0 Å². The summed E-state index contributed by atoms with van der Waals surface area (Å²) in [4.78, 5) is 12.4. The minimum absolute atomic E-state index is 0.190. The standard InChI is InChI=1S/C32H61NO8/c1-3-5-7-8-9-10-11-12-13-14-15-16-17-18-19-20-21-26(35)25(33-28(36)22-6-4-2)24-40-32-31(39)30(38)29(37)27(23-34)41-32/h20-21,25-27,29-32,34-35,37-39H,3-19,22-24H2,1-2H3,(H,33,36)/b21-20+. The molecule has 0 bridgehead atoms. The van der Waals surface area contributed by atoms with Crippen LogP contribution < -0.4 is 5.32 Å². The van der Waals surface area contributed by atoms with Crippen molar-refractivity contribution in [3.05, 3.63) is 12.2 Å². The molecule has 0 aromatic carbocycles. The van der Waals surface area contributed by atoms with E-state index in [-0.39, 0.29) is 12.5 Å². The average Bonchev–Trinajstić information content (AvgIpc) is 2.97. The fourth-order valence-electron chi connectivity index (χ4n) is 5.07. The highest BCUT2D eigenvalue weighted by atomic mass is 16.7. The van der Waals surface area contributed by atoms with Gasteiger partial charge in [0.1, 0.15) is 24.4 Å². The molecule has 7 atom stereocenters. The van der Waals surface area contributed by atoms with Crippen molar-refractivity contribution in [2.24, 2.45) is 0 Å². The first kappa shape index (κ1) is 38.0. The summed E-state index contributed by atoms with van der Waals surface area (Å²) in [6.45, 7) is 3.49. The number of nitrogens with one attached hydrogen (secondary N) is 1. The molecule has 0 aliphatic carbocycles. The van der Waals surface area contributed by atoms with Gasteiger partial charge in [0, 0.05) is 6.42 Å². The summed E-state index contributed by atoms with van der Waals surface area (Å²) in [6.07, 6.45) is 16.6. The van der Waals surface area contributed by atoms with Crippen LogP contribution in [0, 0.1) is 0 Å². The van der Waals surface area contributed by atoms with Gasteiger partial charge in [0.15, 0.2) is 6.29 Å². The predicted octanol–water partition coefficient (Wildman–Crippen LogP) is 4.27. The summed E-state index contributed by atoms with van der Waals surface area (Å²) >= 11 is 0. The molecule has 1 aliphatic rings. The first-order valence-corrected chi connectivity index (χ1v) is 16.4. The van der Waals surface area contributed by atoms with Crippen LogP contribution in [0.5, 0.6) is 0 Å². The zero-order chi connectivity index (χ0) is 30.3. The van der Waals surface area contributed by atoms with Crippen LogP contribution in [0.2, 0.25) is 0 Å². The number of ether oxygens (including phenoxy) is 2. The number of aliphatic hydroxyl groups is 5. The van der Waals surface area contributed by atoms with E-state index in [1.54, 1.807) is 6.08 Å². The van der Waals surface area contributed by atoms with Crippen LogP contribution in [-0.2, 0) is 14.3 Å². The molecule has 1 heterocycles. The van der Waals surface area contributed by atoms with E-state index in [1.807, 2.05) is 13.0 Å². The van der Waals surface area contributed by atoms with Crippen LogP contribution in [0.15, 0.2) is 12.2 Å². The SMILES string of the molecule is CCCCCCCCCCCCCCCC/C=C/C(O)C(COC1OC(CO)C(O)C(O)C1O)NC(=O)CCCC. The van der Waals surface area contributed by atoms with Gasteiger partial charge in [0.25, 0.3) is 0 Å². The van der Waals surface area contributed by atoms with E-state index in [0.29, 0.717) is 6.42 Å². The predicted molar refractivity (Wildman–Crippen MR) is 161 cm³/mol. The Morgan fingerprint density at radius 2 is 1.34 bits per heavy atom. The maximum absolute atomic E-state index is 12.4. The normalized spacial score (nSPS) is 24.5. The number of allylic oxidation sites excluding steroid dienone is 1. The second kappa shape index (κ2) is 24.4. The van der Waals surface area contributed by atoms with E-state index in [4.69, 9.17) is 9.47 Å². The Morgan fingerprint density at radius 1 is 0.805 bits per heavy atom. The molecule has 242 valence electrons. The van der Waals surface area contributed by atoms with Gasteiger partial charge < -0.3 is 40.3 Å². The number of rotatable bonds is 25. The van der Waals surface area contributed by atoms with E-state index < -0.39 is 49.5 Å². The van der Waals surface area contributed by atoms with Gasteiger partial charge in [0.2, 0.25) is 5.91 Å². The maximum atomic E-state index is 12.4. The second-order valence-electron chi connectivity index (χ2n) is 11.6. The molecular formula is C32H61NO8. The van der Waals surface area contributed by atoms with E-state index in [1.165, 1.54) is 77.0 Å². The number of aliphatic hydroxyl groups excluding tert-OH is 5. The quantitative estimate of drug-likeness (QED) is 0.0685. The average molecular weight is 588 g/mol. The summed E-state index contributed by atoms with van der Waals surface area (Å²) < 4.78 is 11.0. The van der Waals surface area contributed by atoms with Crippen molar-refractivity contribution in [2.45, 2.75) is 172 Å². The maximum Gasteiger partial charge on any atom is 0.220 e. The molecule has 0 aromatic rings. The van der Waals surface area contributed by atoms with Crippen molar-refractivity contribution in [1.29, 1.82) is 0 Å². The molecule has 9 nitrogen and oxygen atoms in total. The third-order valence-corrected chi connectivity index (χ3v) is 7.86. The zero-order valence-corrected chi connectivity index (χ0v) is 25.8. The van der Waals surface area contributed by atoms with E-state index in [0.717, 1.165) is 32.1 Å². The van der Waals surface area contributed by atoms with Gasteiger partial charge in [-0.25, -0.2) is 0 Å². The van der Waals surface area contributed by atoms with E-state index in [2.05, 4.69) is 12.2 Å². The molecule has 1 saturated heterocycles. The van der Waals surface area contributed by atoms with Crippen LogP contribution in [0.3, 0.4) is 0 Å². The number of hydrogen-bond acceptors (Lipinski definition) is 8. The third kappa shape index (κ3) is 17.0. The molecule has 41 heavy (non-hydrogen) atoms. The molecule has 0 aromatic heterocycles. The van der Waals surface area contributed by atoms with E-state index in [9.17, 15) is 30.3 Å². The summed E-state index contributed by atoms with van der Waals surface area (Å²) in [6, 6.07) is -0.792. The number of carbonyl (C=O) groups excluding carboxylic acids is 1. The van der Waals surface area contributed by atoms with Gasteiger partial charge in [-0.05, 0) is 19.3 Å². The molecule has 7 unspecified atom stereocenters. The van der Waals surface area contributed by atoms with Crippen LogP contribution >= 0.6 is 0 Å². The fourth-order valence-corrected chi connectivity index (χ4v) is 5.07. The van der Waals surface area contributed by atoms with Crippen molar-refractivity contribution in [2.75, 3.05) is 13.2 Å². The zero-order valence-electron chi connectivity index (χ0n) is 25.8. The lowest BCUT2D eigenvalue weighted by Gasteiger charge is -2.40. The van der Waals surface area contributed by atoms with Gasteiger partial charge in [-0.15, -0.1) is 0 Å². The molecule has 1 rings (SSSR count). The lowest BCUT2D eigenvalue weighted by molar-refractivity contribution is -0.302. The first-order chi connectivity index (χ1) is 19.8. The Bertz CT molecular complexity index is 662. The minimum Gasteiger partial charge on any atom is -0.394 e. The fraction of sp³-hybridized carbons (Fsp3) is 0.906. The van der Waals surface area contributed by atoms with Gasteiger partial charge in [-0.2, -0.15) is 0 Å². The Balaban J connectivity index is 2.34. The van der Waals surface area contributed by atoms with Crippen molar-refractivity contribution < 1.29 is 39.8 Å². The minimum atomic E-state index is -1.56. The first-order valence-electron chi connectivity index (χ1n) is 16.4. The Labute approximate surface area is 248 Å². The Hall–Kier alpha value is -1.07. The highest BCUT2D eigenvalue weighted by Crippen LogP contribution is 2.22. The smallest absolute Gasteiger partial charge is 0.220 e. The van der Waals surface area contributed by atoms with Gasteiger partial charge in [-0.3, -0.25) is 4.79 Å². The highest BCUT2D eigenvalue weighted by molar-refractivity contribution is 5.76. The number of hydrogen-bond donors (Lipinski definition) is 6. The molecule has 1 aliphatic heterocycles. The monoisotopic (exact) mass is 587 g/mol. The summed E-state index contributed by atoms with van der Waals surface area (Å²) in [5.74, 6) is -0.214. The lowest BCUT2D eigenvalue weighted by atomic mass is 9.99. The number of amides is 1. The summed E-state index contributed by atoms with van der Waals surface area (Å²) in [5.41, 5.74) is 0. The molecular weight excluding hydrogens is 526 g/mol. The highest BCUT2D eigenvalue weighted by Gasteiger charge is 2.44. The molecule has 0 radical (unpaired) electrons. The third-order valence-electron chi connectivity index (χ3n) is 7.86. The molecule has 0 saturated carbocycles. The topological polar surface area (TPSA) is 149 Å². The van der Waals surface area contributed by atoms with E-state index >= 15 is 0 Å². The molecule has 0 spiro atoms. The summed E-state index contributed by atoms with van der Waals surface area (Å²) in [7, 11) is 0. The van der Waals surface area contributed by atoms with Crippen molar-refractivity contribution >= 4 is 5.91 Å². The van der Waals surface area contributed by atoms with Crippen LogP contribution in [0.4, 0.5) is 0 Å². The van der Waals surface area contributed by atoms with Gasteiger partial charge in [-0.1, -0.05) is 116 Å². The van der Waals surface area contributed by atoms with Gasteiger partial charge >= 0.3 is 0 Å². The molecule has 6 N–H and O–H groups in total. The Morgan fingerprint density at radius 3 is 1.88 bits per heavy atom. The number of unbranched alkanes of at least 4 members (excludes halogenated alkanes) is 15. The molecule has 1 fully saturated rings. The van der Waals surface area contributed by atoms with Crippen LogP contribution in [0.1, 0.15) is 129 Å². The molecule has 9 heteroatoms. The second-order valence-corrected chi connectivity index (χ2v) is 11.6. The Kier molecular flexibility index (Phi) is 22.6. The number of carbonyl (C=O) groups is 1. The van der Waals surface area contributed by atoms with Crippen LogP contribution in [0.25, 0.3) is 0 Å². The van der Waals surface area contributed by atoms with Crippen molar-refractivity contribution in [3.8, 4) is 0 Å². The van der Waals surface area contributed by atoms with Crippen LogP contribution in [-0.4, -0.2) is 87.5 Å². The summed E-state index contributed by atoms with van der Waals surface area (Å²) in [5, 5.41) is 53.1. The van der Waals surface area contributed by atoms with Gasteiger partial charge in [0.05, 0.1) is 25.4 Å². The largest absolute Gasteiger partial charge is 0.394 e. The lowest BCUT2D eigenvalue weighted by Crippen LogP contribution is -2.60. The van der Waals surface area contributed by atoms with Crippen molar-refractivity contribution in [1.82, 2.24) is 5.32 Å².